The predicted molar refractivity (Wildman–Crippen MR) is 89.8 cm³/mol. The number of benzene rings is 1. The van der Waals surface area contributed by atoms with Gasteiger partial charge in [0.15, 0.2) is 0 Å². The SMILES string of the molecule is CC(=O)Nc1cccc(C(C)NC(C)Cc2ccsc2)c1. The van der Waals surface area contributed by atoms with E-state index in [1.165, 1.54) is 18.1 Å². The van der Waals surface area contributed by atoms with Gasteiger partial charge in [-0.15, -0.1) is 0 Å². The van der Waals surface area contributed by atoms with Gasteiger partial charge in [0, 0.05) is 24.7 Å². The minimum atomic E-state index is -0.0430. The van der Waals surface area contributed by atoms with Crippen LogP contribution in [0.5, 0.6) is 0 Å². The maximum Gasteiger partial charge on any atom is 0.221 e. The molecule has 21 heavy (non-hydrogen) atoms. The second-order valence-corrected chi connectivity index (χ2v) is 6.21. The van der Waals surface area contributed by atoms with E-state index >= 15 is 0 Å². The van der Waals surface area contributed by atoms with Crippen LogP contribution in [0.1, 0.15) is 37.9 Å². The Hall–Kier alpha value is -1.65. The van der Waals surface area contributed by atoms with Gasteiger partial charge in [-0.1, -0.05) is 12.1 Å². The van der Waals surface area contributed by atoms with Crippen LogP contribution in [0.3, 0.4) is 0 Å². The molecule has 0 aliphatic heterocycles. The van der Waals surface area contributed by atoms with Crippen molar-refractivity contribution in [3.05, 3.63) is 52.2 Å². The average Bonchev–Trinajstić information content (AvgIpc) is 2.90. The van der Waals surface area contributed by atoms with Crippen molar-refractivity contribution in [1.82, 2.24) is 5.32 Å². The van der Waals surface area contributed by atoms with Gasteiger partial charge in [0.2, 0.25) is 5.91 Å². The Morgan fingerprint density at radius 1 is 1.29 bits per heavy atom. The minimum Gasteiger partial charge on any atom is -0.326 e. The third-order valence-electron chi connectivity index (χ3n) is 3.36. The monoisotopic (exact) mass is 302 g/mol. The smallest absolute Gasteiger partial charge is 0.221 e. The zero-order valence-electron chi connectivity index (χ0n) is 12.7. The summed E-state index contributed by atoms with van der Waals surface area (Å²) in [5.74, 6) is -0.0430. The molecule has 2 N–H and O–H groups in total. The molecule has 0 aliphatic carbocycles. The first-order chi connectivity index (χ1) is 10.0. The summed E-state index contributed by atoms with van der Waals surface area (Å²) in [6.45, 7) is 5.88. The van der Waals surface area contributed by atoms with Gasteiger partial charge in [0.1, 0.15) is 0 Å². The molecular weight excluding hydrogens is 280 g/mol. The average molecular weight is 302 g/mol. The normalized spacial score (nSPS) is 13.7. The fraction of sp³-hybridized carbons (Fsp3) is 0.353. The van der Waals surface area contributed by atoms with Gasteiger partial charge in [-0.2, -0.15) is 11.3 Å². The van der Waals surface area contributed by atoms with E-state index in [-0.39, 0.29) is 11.9 Å². The van der Waals surface area contributed by atoms with E-state index in [0.717, 1.165) is 12.1 Å². The molecule has 0 bridgehead atoms. The van der Waals surface area contributed by atoms with Crippen LogP contribution in [-0.2, 0) is 11.2 Å². The number of hydrogen-bond donors (Lipinski definition) is 2. The third-order valence-corrected chi connectivity index (χ3v) is 4.10. The fourth-order valence-corrected chi connectivity index (χ4v) is 3.11. The number of rotatable bonds is 6. The van der Waals surface area contributed by atoms with Gasteiger partial charge in [-0.3, -0.25) is 4.79 Å². The maximum atomic E-state index is 11.1. The van der Waals surface area contributed by atoms with Gasteiger partial charge in [0.05, 0.1) is 0 Å². The Morgan fingerprint density at radius 2 is 2.10 bits per heavy atom. The maximum absolute atomic E-state index is 11.1. The molecule has 1 aromatic heterocycles. The number of carbonyl (C=O) groups is 1. The topological polar surface area (TPSA) is 41.1 Å². The molecule has 0 saturated heterocycles. The Balaban J connectivity index is 1.95. The second-order valence-electron chi connectivity index (χ2n) is 5.43. The first-order valence-corrected chi connectivity index (χ1v) is 8.13. The Morgan fingerprint density at radius 3 is 2.76 bits per heavy atom. The van der Waals surface area contributed by atoms with Crippen molar-refractivity contribution in [2.45, 2.75) is 39.3 Å². The van der Waals surface area contributed by atoms with Crippen LogP contribution in [0.4, 0.5) is 5.69 Å². The van der Waals surface area contributed by atoms with E-state index in [1.807, 2.05) is 18.2 Å². The molecule has 2 atom stereocenters. The van der Waals surface area contributed by atoms with Crippen molar-refractivity contribution < 1.29 is 4.79 Å². The van der Waals surface area contributed by atoms with Crippen LogP contribution >= 0.6 is 11.3 Å². The van der Waals surface area contributed by atoms with Crippen LogP contribution < -0.4 is 10.6 Å². The summed E-state index contributed by atoms with van der Waals surface area (Å²) in [5, 5.41) is 10.7. The van der Waals surface area contributed by atoms with Gasteiger partial charge < -0.3 is 10.6 Å². The summed E-state index contributed by atoms with van der Waals surface area (Å²) in [4.78, 5) is 11.1. The molecule has 0 fully saturated rings. The zero-order chi connectivity index (χ0) is 15.2. The first kappa shape index (κ1) is 15.7. The number of nitrogens with one attached hydrogen (secondary N) is 2. The van der Waals surface area contributed by atoms with Crippen LogP contribution in [0, 0.1) is 0 Å². The molecule has 3 nitrogen and oxygen atoms in total. The van der Waals surface area contributed by atoms with Crippen LogP contribution in [0.25, 0.3) is 0 Å². The predicted octanol–water partition coefficient (Wildman–Crippen LogP) is 3.99. The quantitative estimate of drug-likeness (QED) is 0.847. The van der Waals surface area contributed by atoms with Crippen LogP contribution in [-0.4, -0.2) is 11.9 Å². The van der Waals surface area contributed by atoms with E-state index in [0.29, 0.717) is 6.04 Å². The second kappa shape index (κ2) is 7.38. The third kappa shape index (κ3) is 4.99. The zero-order valence-corrected chi connectivity index (χ0v) is 13.5. The molecule has 1 aromatic carbocycles. The van der Waals surface area contributed by atoms with Gasteiger partial charge >= 0.3 is 0 Å². The fourth-order valence-electron chi connectivity index (χ4n) is 2.43. The van der Waals surface area contributed by atoms with E-state index in [9.17, 15) is 4.79 Å². The summed E-state index contributed by atoms with van der Waals surface area (Å²) in [7, 11) is 0. The van der Waals surface area contributed by atoms with Crippen molar-refractivity contribution >= 4 is 22.9 Å². The van der Waals surface area contributed by atoms with Crippen molar-refractivity contribution in [1.29, 1.82) is 0 Å². The molecule has 2 rings (SSSR count). The Bertz CT molecular complexity index is 580. The van der Waals surface area contributed by atoms with Gasteiger partial charge in [-0.25, -0.2) is 0 Å². The molecule has 0 saturated carbocycles. The summed E-state index contributed by atoms with van der Waals surface area (Å²) in [5.41, 5.74) is 3.40. The van der Waals surface area contributed by atoms with Crippen LogP contribution in [0.2, 0.25) is 0 Å². The van der Waals surface area contributed by atoms with Crippen molar-refractivity contribution in [2.24, 2.45) is 0 Å². The van der Waals surface area contributed by atoms with E-state index in [2.05, 4.69) is 47.4 Å². The number of amides is 1. The highest BCUT2D eigenvalue weighted by Gasteiger charge is 2.11. The number of carbonyl (C=O) groups excluding carboxylic acids is 1. The molecule has 0 aliphatic rings. The van der Waals surface area contributed by atoms with Gasteiger partial charge in [-0.05, 0) is 60.4 Å². The summed E-state index contributed by atoms with van der Waals surface area (Å²) >= 11 is 1.74. The molecule has 2 aromatic rings. The largest absolute Gasteiger partial charge is 0.326 e. The molecular formula is C17H22N2OS. The highest BCUT2D eigenvalue weighted by atomic mass is 32.1. The number of anilines is 1. The van der Waals surface area contributed by atoms with E-state index < -0.39 is 0 Å². The number of thiophene rings is 1. The molecule has 1 heterocycles. The molecule has 0 spiro atoms. The summed E-state index contributed by atoms with van der Waals surface area (Å²) in [6, 6.07) is 10.8. The van der Waals surface area contributed by atoms with Crippen molar-refractivity contribution in [3.63, 3.8) is 0 Å². The van der Waals surface area contributed by atoms with E-state index in [1.54, 1.807) is 11.3 Å². The summed E-state index contributed by atoms with van der Waals surface area (Å²) in [6.07, 6.45) is 1.03. The van der Waals surface area contributed by atoms with E-state index in [4.69, 9.17) is 0 Å². The lowest BCUT2D eigenvalue weighted by Gasteiger charge is -2.20. The van der Waals surface area contributed by atoms with Gasteiger partial charge in [0.25, 0.3) is 0 Å². The standard InChI is InChI=1S/C17H22N2OS/c1-12(9-15-7-8-21-11-15)18-13(2)16-5-4-6-17(10-16)19-14(3)20/h4-8,10-13,18H,9H2,1-3H3,(H,19,20). The van der Waals surface area contributed by atoms with Crippen molar-refractivity contribution in [3.8, 4) is 0 Å². The molecule has 4 heteroatoms. The molecule has 2 unspecified atom stereocenters. The molecule has 0 radical (unpaired) electrons. The summed E-state index contributed by atoms with van der Waals surface area (Å²) < 4.78 is 0. The highest BCUT2D eigenvalue weighted by Crippen LogP contribution is 2.19. The van der Waals surface area contributed by atoms with Crippen molar-refractivity contribution in [2.75, 3.05) is 5.32 Å². The minimum absolute atomic E-state index is 0.0430. The Kier molecular flexibility index (Phi) is 5.53. The lowest BCUT2D eigenvalue weighted by molar-refractivity contribution is -0.114. The lowest BCUT2D eigenvalue weighted by atomic mass is 10.0. The van der Waals surface area contributed by atoms with Crippen LogP contribution in [0.15, 0.2) is 41.1 Å². The Labute approximate surface area is 130 Å². The number of hydrogen-bond acceptors (Lipinski definition) is 3. The molecule has 112 valence electrons. The lowest BCUT2D eigenvalue weighted by Crippen LogP contribution is -2.30. The highest BCUT2D eigenvalue weighted by molar-refractivity contribution is 7.07. The first-order valence-electron chi connectivity index (χ1n) is 7.19. The molecule has 1 amide bonds.